The highest BCUT2D eigenvalue weighted by molar-refractivity contribution is 6.07. The highest BCUT2D eigenvalue weighted by atomic mass is 16.6. The summed E-state index contributed by atoms with van der Waals surface area (Å²) < 4.78 is 1.58. The molecule has 0 saturated heterocycles. The van der Waals surface area contributed by atoms with Crippen LogP contribution in [0.1, 0.15) is 21.6 Å². The van der Waals surface area contributed by atoms with Gasteiger partial charge in [-0.05, 0) is 17.7 Å². The minimum absolute atomic E-state index is 0.0609. The summed E-state index contributed by atoms with van der Waals surface area (Å²) >= 11 is 0. The van der Waals surface area contributed by atoms with Crippen LogP contribution in [0.2, 0.25) is 0 Å². The van der Waals surface area contributed by atoms with Gasteiger partial charge in [-0.3, -0.25) is 14.9 Å². The van der Waals surface area contributed by atoms with Gasteiger partial charge in [0.05, 0.1) is 17.7 Å². The fourth-order valence-corrected chi connectivity index (χ4v) is 2.13. The van der Waals surface area contributed by atoms with Crippen molar-refractivity contribution in [2.24, 2.45) is 0 Å². The maximum absolute atomic E-state index is 12.3. The molecule has 0 unspecified atom stereocenters. The number of carbonyl (C=O) groups is 1. The van der Waals surface area contributed by atoms with Gasteiger partial charge >= 0.3 is 0 Å². The Morgan fingerprint density at radius 1 is 1.09 bits per heavy atom. The van der Waals surface area contributed by atoms with E-state index in [1.165, 1.54) is 24.3 Å². The number of aromatic nitrogens is 3. The number of nitrogens with zero attached hydrogens (tertiary/aromatic N) is 4. The van der Waals surface area contributed by atoms with Crippen molar-refractivity contribution in [1.82, 2.24) is 15.0 Å². The summed E-state index contributed by atoms with van der Waals surface area (Å²) in [6.07, 6.45) is 1.57. The molecule has 0 aliphatic rings. The van der Waals surface area contributed by atoms with Crippen molar-refractivity contribution in [1.29, 1.82) is 0 Å². The van der Waals surface area contributed by atoms with Gasteiger partial charge in [-0.1, -0.05) is 35.5 Å². The molecule has 0 aliphatic heterocycles. The summed E-state index contributed by atoms with van der Waals surface area (Å²) in [4.78, 5) is 22.4. The smallest absolute Gasteiger partial charge is 0.269 e. The lowest BCUT2D eigenvalue weighted by atomic mass is 10.1. The van der Waals surface area contributed by atoms with Crippen molar-refractivity contribution in [3.63, 3.8) is 0 Å². The van der Waals surface area contributed by atoms with Gasteiger partial charge in [0, 0.05) is 17.7 Å². The van der Waals surface area contributed by atoms with E-state index < -0.39 is 4.92 Å². The van der Waals surface area contributed by atoms with Crippen molar-refractivity contribution in [3.8, 4) is 0 Å². The van der Waals surface area contributed by atoms with E-state index in [-0.39, 0.29) is 17.2 Å². The van der Waals surface area contributed by atoms with Crippen molar-refractivity contribution >= 4 is 11.5 Å². The van der Waals surface area contributed by atoms with Crippen molar-refractivity contribution in [2.75, 3.05) is 0 Å². The minimum Gasteiger partial charge on any atom is -0.287 e. The van der Waals surface area contributed by atoms with Crippen LogP contribution in [0.3, 0.4) is 0 Å². The summed E-state index contributed by atoms with van der Waals surface area (Å²) in [5.74, 6) is -0.320. The molecule has 0 aliphatic carbocycles. The lowest BCUT2D eigenvalue weighted by Crippen LogP contribution is -2.02. The van der Waals surface area contributed by atoms with Crippen LogP contribution in [0.15, 0.2) is 60.8 Å². The van der Waals surface area contributed by atoms with E-state index >= 15 is 0 Å². The molecule has 1 aromatic heterocycles. The van der Waals surface area contributed by atoms with Crippen molar-refractivity contribution in [2.45, 2.75) is 6.54 Å². The molecule has 0 saturated carbocycles. The number of nitro benzene ring substituents is 1. The van der Waals surface area contributed by atoms with Gasteiger partial charge in [0.1, 0.15) is 0 Å². The van der Waals surface area contributed by atoms with Gasteiger partial charge < -0.3 is 0 Å². The van der Waals surface area contributed by atoms with Crippen LogP contribution < -0.4 is 0 Å². The first-order valence-electron chi connectivity index (χ1n) is 6.87. The molecule has 0 atom stereocenters. The normalized spacial score (nSPS) is 10.4. The van der Waals surface area contributed by atoms with Gasteiger partial charge in [0.25, 0.3) is 5.69 Å². The number of nitro groups is 1. The zero-order valence-electron chi connectivity index (χ0n) is 12.0. The molecular formula is C16H12N4O3. The Morgan fingerprint density at radius 3 is 2.43 bits per heavy atom. The molecule has 0 N–H and O–H groups in total. The first-order valence-corrected chi connectivity index (χ1v) is 6.87. The SMILES string of the molecule is O=C(c1ccc([N+](=O)[O-])cc1)c1cn(Cc2ccccc2)nn1. The topological polar surface area (TPSA) is 90.9 Å². The average molecular weight is 308 g/mol. The Hall–Kier alpha value is -3.35. The summed E-state index contributed by atoms with van der Waals surface area (Å²) in [6.45, 7) is 0.515. The van der Waals surface area contributed by atoms with E-state index in [4.69, 9.17) is 0 Å². The number of ketones is 1. The Balaban J connectivity index is 1.77. The fourth-order valence-electron chi connectivity index (χ4n) is 2.13. The molecule has 3 aromatic rings. The summed E-state index contributed by atoms with van der Waals surface area (Å²) in [7, 11) is 0. The zero-order chi connectivity index (χ0) is 16.2. The molecule has 7 heteroatoms. The Labute approximate surface area is 131 Å². The predicted octanol–water partition coefficient (Wildman–Crippen LogP) is 2.47. The van der Waals surface area contributed by atoms with Gasteiger partial charge in [-0.25, -0.2) is 4.68 Å². The monoisotopic (exact) mass is 308 g/mol. The molecule has 0 spiro atoms. The Bertz CT molecular complexity index is 841. The van der Waals surface area contributed by atoms with Crippen LogP contribution in [0, 0.1) is 10.1 Å². The van der Waals surface area contributed by atoms with Crippen LogP contribution >= 0.6 is 0 Å². The lowest BCUT2D eigenvalue weighted by molar-refractivity contribution is -0.384. The average Bonchev–Trinajstić information content (AvgIpc) is 3.03. The van der Waals surface area contributed by atoms with E-state index in [1.807, 2.05) is 30.3 Å². The molecule has 7 nitrogen and oxygen atoms in total. The van der Waals surface area contributed by atoms with Gasteiger partial charge in [0.2, 0.25) is 5.78 Å². The summed E-state index contributed by atoms with van der Waals surface area (Å²) in [5, 5.41) is 18.4. The highest BCUT2D eigenvalue weighted by Crippen LogP contribution is 2.14. The number of non-ortho nitro benzene ring substituents is 1. The van der Waals surface area contributed by atoms with Crippen molar-refractivity contribution in [3.05, 3.63) is 87.7 Å². The van der Waals surface area contributed by atoms with Gasteiger partial charge in [0.15, 0.2) is 5.69 Å². The molecule has 2 aromatic carbocycles. The third kappa shape index (κ3) is 3.29. The summed E-state index contributed by atoms with van der Waals surface area (Å²) in [6, 6.07) is 15.1. The van der Waals surface area contributed by atoms with Crippen LogP contribution in [-0.4, -0.2) is 25.7 Å². The second-order valence-corrected chi connectivity index (χ2v) is 4.92. The quantitative estimate of drug-likeness (QED) is 0.410. The number of carbonyl (C=O) groups excluding carboxylic acids is 1. The van der Waals surface area contributed by atoms with Crippen molar-refractivity contribution < 1.29 is 9.72 Å². The van der Waals surface area contributed by atoms with Gasteiger partial charge in [-0.2, -0.15) is 0 Å². The predicted molar refractivity (Wildman–Crippen MR) is 82.1 cm³/mol. The molecular weight excluding hydrogens is 296 g/mol. The Morgan fingerprint density at radius 2 is 1.78 bits per heavy atom. The molecule has 0 fully saturated rings. The summed E-state index contributed by atoms with van der Waals surface area (Å²) in [5.41, 5.74) is 1.53. The number of rotatable bonds is 5. The standard InChI is InChI=1S/C16H12N4O3/c21-16(13-6-8-14(9-7-13)20(22)23)15-11-19(18-17-15)10-12-4-2-1-3-5-12/h1-9,11H,10H2. The van der Waals surface area contributed by atoms with Crippen LogP contribution in [-0.2, 0) is 6.54 Å². The van der Waals surface area contributed by atoms with E-state index in [0.717, 1.165) is 5.56 Å². The molecule has 1 heterocycles. The molecule has 0 amide bonds. The van der Waals surface area contributed by atoms with E-state index in [1.54, 1.807) is 10.9 Å². The number of hydrogen-bond acceptors (Lipinski definition) is 5. The number of benzene rings is 2. The number of hydrogen-bond donors (Lipinski definition) is 0. The maximum atomic E-state index is 12.3. The first-order chi connectivity index (χ1) is 11.1. The first kappa shape index (κ1) is 14.6. The fraction of sp³-hybridized carbons (Fsp3) is 0.0625. The van der Waals surface area contributed by atoms with Crippen LogP contribution in [0.25, 0.3) is 0 Å². The highest BCUT2D eigenvalue weighted by Gasteiger charge is 2.15. The maximum Gasteiger partial charge on any atom is 0.269 e. The van der Waals surface area contributed by atoms with Crippen LogP contribution in [0.5, 0.6) is 0 Å². The Kier molecular flexibility index (Phi) is 3.92. The molecule has 3 rings (SSSR count). The minimum atomic E-state index is -0.510. The molecule has 0 bridgehead atoms. The second kappa shape index (κ2) is 6.18. The molecule has 0 radical (unpaired) electrons. The van der Waals surface area contributed by atoms with Gasteiger partial charge in [-0.15, -0.1) is 5.10 Å². The van der Waals surface area contributed by atoms with E-state index in [2.05, 4.69) is 10.3 Å². The molecule has 114 valence electrons. The third-order valence-corrected chi connectivity index (χ3v) is 3.30. The van der Waals surface area contributed by atoms with E-state index in [9.17, 15) is 14.9 Å². The van der Waals surface area contributed by atoms with E-state index in [0.29, 0.717) is 12.1 Å². The zero-order valence-corrected chi connectivity index (χ0v) is 12.0. The van der Waals surface area contributed by atoms with Crippen LogP contribution in [0.4, 0.5) is 5.69 Å². The molecule has 23 heavy (non-hydrogen) atoms. The third-order valence-electron chi connectivity index (χ3n) is 3.30. The largest absolute Gasteiger partial charge is 0.287 e. The second-order valence-electron chi connectivity index (χ2n) is 4.92. The lowest BCUT2D eigenvalue weighted by Gasteiger charge is -1.99.